The molecule has 0 aromatic rings. The Hall–Kier alpha value is 0.496. The molecule has 0 heterocycles. The van der Waals surface area contributed by atoms with Crippen molar-refractivity contribution in [2.75, 3.05) is 33.4 Å². The maximum Gasteiger partial charge on any atom is 1.00 e. The van der Waals surface area contributed by atoms with Gasteiger partial charge in [-0.15, -0.1) is 0 Å². The average molecular weight is 273 g/mol. The van der Waals surface area contributed by atoms with E-state index in [1.54, 1.807) is 0 Å². The second-order valence-electron chi connectivity index (χ2n) is 2.24. The number of carbonyl (C=O) groups excluding carboxylic acids is 2. The van der Waals surface area contributed by atoms with Gasteiger partial charge in [-0.2, -0.15) is 6.41 Å². The van der Waals surface area contributed by atoms with Gasteiger partial charge >= 0.3 is 51.4 Å². The van der Waals surface area contributed by atoms with E-state index >= 15 is 0 Å². The minimum atomic E-state index is -0.0312. The first-order chi connectivity index (χ1) is 7.68. The molecule has 0 aromatic heterocycles. The fraction of sp³-hybridized carbons (Fsp3) is 0.800. The van der Waals surface area contributed by atoms with Gasteiger partial charge in [0, 0.05) is 20.0 Å². The third-order valence-electron chi connectivity index (χ3n) is 0.985. The molecule has 0 unspecified atom stereocenters. The number of nitrogens with two attached hydrogens (primary N) is 1. The average Bonchev–Trinajstić information content (AvgIpc) is 2.31. The van der Waals surface area contributed by atoms with Crippen molar-refractivity contribution in [2.24, 2.45) is 5.73 Å². The summed E-state index contributed by atoms with van der Waals surface area (Å²) in [6.45, 7) is 7.66. The van der Waals surface area contributed by atoms with Gasteiger partial charge in [0.25, 0.3) is 0 Å². The molecule has 0 aromatic carbocycles. The predicted molar refractivity (Wildman–Crippen MR) is 64.7 cm³/mol. The number of rotatable bonds is 6. The van der Waals surface area contributed by atoms with Crippen LogP contribution >= 0.6 is 0 Å². The minimum Gasteiger partial charge on any atom is -0.532 e. The molecule has 0 spiro atoms. The topological polar surface area (TPSA) is 93.4 Å². The van der Waals surface area contributed by atoms with Crippen LogP contribution in [0, 0.1) is 0 Å². The molecular weight excluding hydrogens is 249 g/mol. The molecule has 2 amide bonds. The Kier molecular flexibility index (Phi) is 46.1. The molecule has 4 N–H and O–H groups in total. The van der Waals surface area contributed by atoms with Gasteiger partial charge in [0.15, 0.2) is 0 Å². The summed E-state index contributed by atoms with van der Waals surface area (Å²) >= 11 is 0. The predicted octanol–water partition coefficient (Wildman–Crippen LogP) is -3.60. The van der Waals surface area contributed by atoms with Crippen molar-refractivity contribution in [1.82, 2.24) is 10.6 Å². The number of carbonyl (C=O) groups is 1. The van der Waals surface area contributed by atoms with Gasteiger partial charge < -0.3 is 25.9 Å². The van der Waals surface area contributed by atoms with Crippen molar-refractivity contribution in [3.05, 3.63) is 0 Å². The molecular formula is C10H24KN3O3. The van der Waals surface area contributed by atoms with Gasteiger partial charge in [-0.1, -0.05) is 13.8 Å². The van der Waals surface area contributed by atoms with E-state index in [1.165, 1.54) is 20.4 Å². The van der Waals surface area contributed by atoms with E-state index in [9.17, 15) is 4.79 Å². The van der Waals surface area contributed by atoms with Crippen LogP contribution in [0.2, 0.25) is 0 Å². The van der Waals surface area contributed by atoms with E-state index in [1.807, 2.05) is 13.8 Å². The van der Waals surface area contributed by atoms with Crippen molar-refractivity contribution in [3.8, 4) is 0 Å². The summed E-state index contributed by atoms with van der Waals surface area (Å²) in [4.78, 5) is 19.2. The van der Waals surface area contributed by atoms with Crippen LogP contribution in [0.3, 0.4) is 0 Å². The van der Waals surface area contributed by atoms with Crippen molar-refractivity contribution < 1.29 is 65.7 Å². The standard InChI is InChI=1S/C6H14N2O2.C2H4NO.C2H6.K/c1-6(9)8-3-5-10-4-2-7;1-3-2-4;1-2;/h2-5,7H2,1H3,(H,8,9);1H3,(H,3,4);1-2H3;/q;-1;;+1. The smallest absolute Gasteiger partial charge is 0.532 e. The number of hydrogen-bond donors (Lipinski definition) is 3. The van der Waals surface area contributed by atoms with Crippen LogP contribution < -0.4 is 67.8 Å². The fourth-order valence-electron chi connectivity index (χ4n) is 0.485. The molecule has 98 valence electrons. The van der Waals surface area contributed by atoms with Gasteiger partial charge in [-0.05, 0) is 7.05 Å². The molecule has 0 saturated heterocycles. The molecule has 0 aliphatic rings. The summed E-state index contributed by atoms with van der Waals surface area (Å²) in [7, 11) is 1.51. The van der Waals surface area contributed by atoms with E-state index in [4.69, 9.17) is 15.3 Å². The van der Waals surface area contributed by atoms with E-state index in [0.29, 0.717) is 26.3 Å². The first-order valence-corrected chi connectivity index (χ1v) is 5.25. The van der Waals surface area contributed by atoms with Crippen LogP contribution in [-0.2, 0) is 14.3 Å². The first kappa shape index (κ1) is 26.1. The normalized spacial score (nSPS) is 7.12. The van der Waals surface area contributed by atoms with Gasteiger partial charge in [-0.25, -0.2) is 0 Å². The van der Waals surface area contributed by atoms with Crippen molar-refractivity contribution in [1.29, 1.82) is 0 Å². The van der Waals surface area contributed by atoms with Crippen LogP contribution in [-0.4, -0.2) is 45.7 Å². The number of hydrogen-bond acceptors (Lipinski definition) is 4. The number of nitrogens with one attached hydrogen (secondary N) is 2. The number of amides is 2. The summed E-state index contributed by atoms with van der Waals surface area (Å²) in [6, 6.07) is 0. The zero-order chi connectivity index (χ0) is 13.2. The van der Waals surface area contributed by atoms with Crippen LogP contribution in [0.1, 0.15) is 20.8 Å². The summed E-state index contributed by atoms with van der Waals surface area (Å²) in [5.41, 5.74) is 5.16. The molecule has 0 fully saturated rings. The van der Waals surface area contributed by atoms with Gasteiger partial charge in [0.1, 0.15) is 0 Å². The summed E-state index contributed by atoms with van der Waals surface area (Å²) in [5.74, 6) is -0.0312. The van der Waals surface area contributed by atoms with Gasteiger partial charge in [0.2, 0.25) is 5.91 Å². The van der Waals surface area contributed by atoms with Crippen molar-refractivity contribution in [3.63, 3.8) is 0 Å². The van der Waals surface area contributed by atoms with Crippen LogP contribution in [0.25, 0.3) is 0 Å². The molecule has 0 saturated carbocycles. The summed E-state index contributed by atoms with van der Waals surface area (Å²) in [6.07, 6.45) is 1.43. The van der Waals surface area contributed by atoms with E-state index in [-0.39, 0.29) is 57.3 Å². The van der Waals surface area contributed by atoms with Gasteiger partial charge in [0.05, 0.1) is 13.2 Å². The van der Waals surface area contributed by atoms with Crippen LogP contribution in [0.4, 0.5) is 0 Å². The molecule has 17 heavy (non-hydrogen) atoms. The Morgan fingerprint density at radius 2 is 1.82 bits per heavy atom. The monoisotopic (exact) mass is 273 g/mol. The molecule has 0 atom stereocenters. The molecule has 0 aliphatic carbocycles. The molecule has 0 radical (unpaired) electrons. The molecule has 7 heteroatoms. The summed E-state index contributed by atoms with van der Waals surface area (Å²) in [5, 5.41) is 4.72. The molecule has 6 nitrogen and oxygen atoms in total. The Bertz CT molecular complexity index is 149. The minimum absolute atomic E-state index is 0. The second-order valence-corrected chi connectivity index (χ2v) is 2.24. The van der Waals surface area contributed by atoms with E-state index in [2.05, 4.69) is 10.6 Å². The zero-order valence-corrected chi connectivity index (χ0v) is 14.8. The third kappa shape index (κ3) is 48.0. The van der Waals surface area contributed by atoms with Crippen molar-refractivity contribution >= 4 is 12.3 Å². The van der Waals surface area contributed by atoms with E-state index in [0.717, 1.165) is 0 Å². The molecule has 0 aliphatic heterocycles. The largest absolute Gasteiger partial charge is 1.00 e. The molecule has 0 rings (SSSR count). The Labute approximate surface area is 147 Å². The van der Waals surface area contributed by atoms with Crippen LogP contribution in [0.15, 0.2) is 0 Å². The number of ether oxygens (including phenoxy) is 1. The molecule has 0 bridgehead atoms. The fourth-order valence-corrected chi connectivity index (χ4v) is 0.485. The Morgan fingerprint density at radius 1 is 1.35 bits per heavy atom. The zero-order valence-electron chi connectivity index (χ0n) is 11.6. The second kappa shape index (κ2) is 30.0. The Morgan fingerprint density at radius 3 is 2.12 bits per heavy atom. The SMILES string of the molecule is CC.CC(=O)NCCOCCN.CN[C-]=O.[K+]. The maximum atomic E-state index is 10.3. The van der Waals surface area contributed by atoms with Crippen LogP contribution in [0.5, 0.6) is 0 Å². The first-order valence-electron chi connectivity index (χ1n) is 5.25. The van der Waals surface area contributed by atoms with Crippen molar-refractivity contribution in [2.45, 2.75) is 20.8 Å². The quantitative estimate of drug-likeness (QED) is 0.202. The summed E-state index contributed by atoms with van der Waals surface area (Å²) < 4.78 is 4.99. The van der Waals surface area contributed by atoms with E-state index < -0.39 is 0 Å². The third-order valence-corrected chi connectivity index (χ3v) is 0.985. The maximum absolute atomic E-state index is 10.3. The van der Waals surface area contributed by atoms with Gasteiger partial charge in [-0.3, -0.25) is 4.79 Å². The Balaban J connectivity index is -0.000000103.